The van der Waals surface area contributed by atoms with E-state index in [1.165, 1.54) is 0 Å². The van der Waals surface area contributed by atoms with Crippen molar-refractivity contribution in [1.82, 2.24) is 0 Å². The average Bonchev–Trinajstić information content (AvgIpc) is 2.21. The molecule has 0 atom stereocenters. The van der Waals surface area contributed by atoms with Crippen LogP contribution in [0.5, 0.6) is 0 Å². The Labute approximate surface area is 102 Å². The van der Waals surface area contributed by atoms with Crippen molar-refractivity contribution in [3.8, 4) is 0 Å². The number of hydrogen-bond donors (Lipinski definition) is 0. The number of phosphoric ester groups is 1. The van der Waals surface area contributed by atoms with E-state index in [4.69, 9.17) is 25.2 Å². The first-order valence-corrected chi connectivity index (χ1v) is 7.27. The van der Waals surface area contributed by atoms with Crippen LogP contribution in [0.3, 0.4) is 0 Å². The van der Waals surface area contributed by atoms with Crippen LogP contribution in [0.4, 0.5) is 0 Å². The standard InChI is InChI=1S/C10H20ClO4P/c1-9(2,5-11)6-13-16(12)14-7-10(3,4)8-15-16/h5-8H2,1-4H3. The van der Waals surface area contributed by atoms with Gasteiger partial charge in [-0.25, -0.2) is 4.57 Å². The Kier molecular flexibility index (Phi) is 4.47. The summed E-state index contributed by atoms with van der Waals surface area (Å²) in [5.41, 5.74) is -0.349. The minimum atomic E-state index is -3.36. The summed E-state index contributed by atoms with van der Waals surface area (Å²) in [4.78, 5) is 0. The third-order valence-corrected chi connectivity index (χ3v) is 4.26. The molecule has 0 saturated carbocycles. The maximum absolute atomic E-state index is 12.0. The van der Waals surface area contributed by atoms with Gasteiger partial charge in [0.15, 0.2) is 0 Å². The molecule has 1 fully saturated rings. The minimum absolute atomic E-state index is 0.112. The summed E-state index contributed by atoms with van der Waals surface area (Å²) >= 11 is 5.75. The summed E-state index contributed by atoms with van der Waals surface area (Å²) in [5, 5.41) is 0. The normalized spacial score (nSPS) is 24.3. The summed E-state index contributed by atoms with van der Waals surface area (Å²) in [7, 11) is -3.36. The van der Waals surface area contributed by atoms with Crippen molar-refractivity contribution in [3.05, 3.63) is 0 Å². The Morgan fingerprint density at radius 2 is 1.88 bits per heavy atom. The van der Waals surface area contributed by atoms with E-state index in [1.54, 1.807) is 0 Å². The highest BCUT2D eigenvalue weighted by atomic mass is 35.5. The zero-order chi connectivity index (χ0) is 12.4. The molecule has 1 aliphatic rings. The molecule has 0 aromatic rings. The number of hydrogen-bond acceptors (Lipinski definition) is 4. The summed E-state index contributed by atoms with van der Waals surface area (Å²) in [6, 6.07) is 0. The first-order chi connectivity index (χ1) is 7.18. The van der Waals surface area contributed by atoms with Gasteiger partial charge in [0, 0.05) is 16.7 Å². The van der Waals surface area contributed by atoms with Crippen molar-refractivity contribution in [2.24, 2.45) is 10.8 Å². The van der Waals surface area contributed by atoms with Crippen LogP contribution in [0, 0.1) is 10.8 Å². The minimum Gasteiger partial charge on any atom is -0.286 e. The molecule has 1 heterocycles. The van der Waals surface area contributed by atoms with Crippen LogP contribution in [0.1, 0.15) is 27.7 Å². The molecule has 1 aliphatic heterocycles. The summed E-state index contributed by atoms with van der Waals surface area (Å²) in [5.74, 6) is 0.429. The van der Waals surface area contributed by atoms with Crippen LogP contribution < -0.4 is 0 Å². The highest BCUT2D eigenvalue weighted by Crippen LogP contribution is 2.55. The van der Waals surface area contributed by atoms with Crippen LogP contribution in [0.15, 0.2) is 0 Å². The van der Waals surface area contributed by atoms with E-state index in [0.29, 0.717) is 19.1 Å². The topological polar surface area (TPSA) is 44.8 Å². The monoisotopic (exact) mass is 270 g/mol. The number of halogens is 1. The Morgan fingerprint density at radius 3 is 2.31 bits per heavy atom. The molecule has 4 nitrogen and oxygen atoms in total. The Hall–Kier alpha value is 0.400. The molecule has 1 rings (SSSR count). The first-order valence-electron chi connectivity index (χ1n) is 5.28. The third-order valence-electron chi connectivity index (χ3n) is 2.20. The van der Waals surface area contributed by atoms with E-state index in [-0.39, 0.29) is 17.4 Å². The fraction of sp³-hybridized carbons (Fsp3) is 1.00. The van der Waals surface area contributed by atoms with E-state index in [1.807, 2.05) is 27.7 Å². The van der Waals surface area contributed by atoms with Gasteiger partial charge < -0.3 is 0 Å². The van der Waals surface area contributed by atoms with Gasteiger partial charge in [-0.3, -0.25) is 13.6 Å². The number of rotatable bonds is 4. The fourth-order valence-electron chi connectivity index (χ4n) is 0.953. The Bertz CT molecular complexity index is 277. The van der Waals surface area contributed by atoms with Crippen molar-refractivity contribution in [1.29, 1.82) is 0 Å². The molecule has 0 aromatic carbocycles. The highest BCUT2D eigenvalue weighted by molar-refractivity contribution is 7.48. The zero-order valence-electron chi connectivity index (χ0n) is 10.3. The van der Waals surface area contributed by atoms with Crippen molar-refractivity contribution in [2.45, 2.75) is 27.7 Å². The van der Waals surface area contributed by atoms with Gasteiger partial charge in [0.2, 0.25) is 0 Å². The quantitative estimate of drug-likeness (QED) is 0.580. The van der Waals surface area contributed by atoms with Crippen LogP contribution in [0.2, 0.25) is 0 Å². The highest BCUT2D eigenvalue weighted by Gasteiger charge is 2.39. The molecule has 0 bridgehead atoms. The van der Waals surface area contributed by atoms with Gasteiger partial charge in [-0.1, -0.05) is 27.7 Å². The predicted molar refractivity (Wildman–Crippen MR) is 63.7 cm³/mol. The SMILES string of the molecule is CC(C)(CCl)COP1(=O)OCC(C)(C)CO1. The van der Waals surface area contributed by atoms with Crippen LogP contribution in [0.25, 0.3) is 0 Å². The predicted octanol–water partition coefficient (Wildman–Crippen LogP) is 3.45. The molecule has 0 radical (unpaired) electrons. The molecule has 0 unspecified atom stereocenters. The average molecular weight is 271 g/mol. The Balaban J connectivity index is 2.46. The van der Waals surface area contributed by atoms with Crippen LogP contribution >= 0.6 is 19.4 Å². The fourth-order valence-corrected chi connectivity index (χ4v) is 2.78. The molecule has 0 aromatic heterocycles. The van der Waals surface area contributed by atoms with Crippen molar-refractivity contribution < 1.29 is 18.1 Å². The molecule has 96 valence electrons. The van der Waals surface area contributed by atoms with E-state index < -0.39 is 7.82 Å². The molecule has 1 saturated heterocycles. The lowest BCUT2D eigenvalue weighted by Gasteiger charge is -2.34. The van der Waals surface area contributed by atoms with Crippen LogP contribution in [-0.2, 0) is 18.1 Å². The van der Waals surface area contributed by atoms with Crippen molar-refractivity contribution in [3.63, 3.8) is 0 Å². The van der Waals surface area contributed by atoms with Gasteiger partial charge in [-0.2, -0.15) is 0 Å². The number of alkyl halides is 1. The van der Waals surface area contributed by atoms with Gasteiger partial charge in [0.25, 0.3) is 0 Å². The maximum Gasteiger partial charge on any atom is 0.474 e. The van der Waals surface area contributed by atoms with Crippen LogP contribution in [-0.4, -0.2) is 25.7 Å². The van der Waals surface area contributed by atoms with E-state index in [2.05, 4.69) is 0 Å². The van der Waals surface area contributed by atoms with Crippen molar-refractivity contribution in [2.75, 3.05) is 25.7 Å². The number of phosphoric acid groups is 1. The lowest BCUT2D eigenvalue weighted by molar-refractivity contribution is -0.00639. The van der Waals surface area contributed by atoms with Gasteiger partial charge >= 0.3 is 7.82 Å². The van der Waals surface area contributed by atoms with E-state index >= 15 is 0 Å². The maximum atomic E-state index is 12.0. The molecule has 6 heteroatoms. The lowest BCUT2D eigenvalue weighted by Crippen LogP contribution is -2.31. The van der Waals surface area contributed by atoms with E-state index in [9.17, 15) is 4.57 Å². The van der Waals surface area contributed by atoms with Gasteiger partial charge in [0.1, 0.15) is 0 Å². The zero-order valence-corrected chi connectivity index (χ0v) is 11.9. The first kappa shape index (κ1) is 14.5. The van der Waals surface area contributed by atoms with E-state index in [0.717, 1.165) is 0 Å². The van der Waals surface area contributed by atoms with Crippen molar-refractivity contribution >= 4 is 19.4 Å². The van der Waals surface area contributed by atoms with Gasteiger partial charge in [0.05, 0.1) is 19.8 Å². The lowest BCUT2D eigenvalue weighted by atomic mass is 9.97. The molecular weight excluding hydrogens is 251 g/mol. The van der Waals surface area contributed by atoms with Gasteiger partial charge in [-0.15, -0.1) is 11.6 Å². The summed E-state index contributed by atoms with van der Waals surface area (Å²) < 4.78 is 27.6. The third kappa shape index (κ3) is 4.34. The smallest absolute Gasteiger partial charge is 0.286 e. The molecule has 0 spiro atoms. The molecule has 0 aliphatic carbocycles. The summed E-state index contributed by atoms with van der Waals surface area (Å²) in [6.07, 6.45) is 0. The second kappa shape index (κ2) is 4.95. The Morgan fingerprint density at radius 1 is 1.38 bits per heavy atom. The summed E-state index contributed by atoms with van der Waals surface area (Å²) in [6.45, 7) is 8.85. The second-order valence-corrected chi connectivity index (χ2v) is 7.67. The molecule has 0 amide bonds. The second-order valence-electron chi connectivity index (χ2n) is 5.73. The molecular formula is C10H20ClO4P. The van der Waals surface area contributed by atoms with Gasteiger partial charge in [-0.05, 0) is 0 Å². The molecule has 0 N–H and O–H groups in total. The largest absolute Gasteiger partial charge is 0.474 e. The molecule has 16 heavy (non-hydrogen) atoms.